The summed E-state index contributed by atoms with van der Waals surface area (Å²) in [6.45, 7) is 5.08. The van der Waals surface area contributed by atoms with Crippen molar-refractivity contribution in [2.75, 3.05) is 0 Å². The molecule has 238 valence electrons. The summed E-state index contributed by atoms with van der Waals surface area (Å²) >= 11 is 0. The molecule has 10 aromatic rings. The Balaban J connectivity index is 1.22. The fourth-order valence-corrected chi connectivity index (χ4v) is 13.0. The monoisotopic (exact) mass is 662 g/mol. The van der Waals surface area contributed by atoms with E-state index >= 15 is 0 Å². The summed E-state index contributed by atoms with van der Waals surface area (Å²) in [5.41, 5.74) is 8.06. The predicted octanol–water partition coefficient (Wildman–Crippen LogP) is 12.7. The SMILES string of the molecule is C[Si]1(C)c2ccc(-c3c4ccccc4c(-c4c5ccccc5cc5ccccc45)c4ccccc34)cc2-c2ccc3c(ccc4ccccc43)c21. The van der Waals surface area contributed by atoms with E-state index in [-0.39, 0.29) is 0 Å². The van der Waals surface area contributed by atoms with Crippen molar-refractivity contribution in [2.24, 2.45) is 0 Å². The molecule has 0 aliphatic carbocycles. The Labute approximate surface area is 298 Å². The minimum Gasteiger partial charge on any atom is -0.0616 e. The summed E-state index contributed by atoms with van der Waals surface area (Å²) in [5.74, 6) is 0. The van der Waals surface area contributed by atoms with Crippen molar-refractivity contribution >= 4 is 83.1 Å². The molecule has 0 radical (unpaired) electrons. The standard InChI is InChI=1S/C50H34Si/c1-51(2)46-28-24-34(30-45(46)44-27-26-38-35-16-6-3-13-31(35)23-25-43(38)50(44)51)47-39-19-9-11-21-41(39)49(42-22-12-10-20-40(42)47)48-36-17-7-4-14-32(36)29-33-15-5-8-18-37(33)48/h3-30H,1-2H3. The lowest BCUT2D eigenvalue weighted by atomic mass is 9.82. The fraction of sp³-hybridized carbons (Fsp3) is 0.0400. The number of benzene rings is 10. The van der Waals surface area contributed by atoms with Crippen molar-refractivity contribution in [1.82, 2.24) is 0 Å². The van der Waals surface area contributed by atoms with Crippen LogP contribution in [0.2, 0.25) is 13.1 Å². The molecule has 0 N–H and O–H groups in total. The van der Waals surface area contributed by atoms with Crippen LogP contribution in [0.4, 0.5) is 0 Å². The third kappa shape index (κ3) is 3.95. The van der Waals surface area contributed by atoms with Gasteiger partial charge >= 0.3 is 0 Å². The fourth-order valence-electron chi connectivity index (χ4n) is 9.58. The lowest BCUT2D eigenvalue weighted by Gasteiger charge is -2.22. The lowest BCUT2D eigenvalue weighted by molar-refractivity contribution is 1.68. The molecule has 0 aromatic heterocycles. The molecule has 11 rings (SSSR count). The van der Waals surface area contributed by atoms with Gasteiger partial charge in [-0.3, -0.25) is 0 Å². The van der Waals surface area contributed by atoms with Crippen LogP contribution in [0.15, 0.2) is 170 Å². The smallest absolute Gasteiger partial charge is 0.0616 e. The van der Waals surface area contributed by atoms with Crippen molar-refractivity contribution in [3.05, 3.63) is 170 Å². The number of hydrogen-bond acceptors (Lipinski definition) is 0. The second-order valence-corrected chi connectivity index (χ2v) is 19.1. The molecule has 0 saturated heterocycles. The van der Waals surface area contributed by atoms with E-state index < -0.39 is 8.07 Å². The Morgan fingerprint density at radius 2 is 0.804 bits per heavy atom. The molecule has 1 aliphatic heterocycles. The zero-order valence-corrected chi connectivity index (χ0v) is 29.7. The van der Waals surface area contributed by atoms with Gasteiger partial charge in [-0.2, -0.15) is 0 Å². The Morgan fingerprint density at radius 1 is 0.314 bits per heavy atom. The van der Waals surface area contributed by atoms with Gasteiger partial charge in [0.2, 0.25) is 0 Å². The highest BCUT2D eigenvalue weighted by Gasteiger charge is 2.39. The van der Waals surface area contributed by atoms with Crippen molar-refractivity contribution in [3.8, 4) is 33.4 Å². The van der Waals surface area contributed by atoms with Gasteiger partial charge in [-0.25, -0.2) is 0 Å². The first kappa shape index (κ1) is 28.8. The molecular formula is C50H34Si. The van der Waals surface area contributed by atoms with E-state index in [1.807, 2.05) is 0 Å². The van der Waals surface area contributed by atoms with Crippen LogP contribution in [0.25, 0.3) is 98.0 Å². The summed E-state index contributed by atoms with van der Waals surface area (Å²) in [6.07, 6.45) is 0. The Morgan fingerprint density at radius 3 is 1.43 bits per heavy atom. The molecule has 0 fully saturated rings. The topological polar surface area (TPSA) is 0 Å². The second-order valence-electron chi connectivity index (χ2n) is 14.8. The number of fused-ring (bicyclic) bond motifs is 11. The highest BCUT2D eigenvalue weighted by atomic mass is 28.3. The summed E-state index contributed by atoms with van der Waals surface area (Å²) in [4.78, 5) is 0. The van der Waals surface area contributed by atoms with E-state index in [9.17, 15) is 0 Å². The summed E-state index contributed by atoms with van der Waals surface area (Å²) in [6, 6.07) is 64.0. The maximum absolute atomic E-state index is 2.54. The number of hydrogen-bond donors (Lipinski definition) is 0. The minimum atomic E-state index is -1.97. The quantitative estimate of drug-likeness (QED) is 0.0982. The van der Waals surface area contributed by atoms with Gasteiger partial charge in [0.15, 0.2) is 0 Å². The van der Waals surface area contributed by atoms with Crippen molar-refractivity contribution in [3.63, 3.8) is 0 Å². The molecule has 0 amide bonds. The maximum atomic E-state index is 2.54. The van der Waals surface area contributed by atoms with E-state index in [0.29, 0.717) is 0 Å². The van der Waals surface area contributed by atoms with E-state index in [2.05, 4.69) is 183 Å². The third-order valence-corrected chi connectivity index (χ3v) is 15.3. The average Bonchev–Trinajstić information content (AvgIpc) is 3.41. The van der Waals surface area contributed by atoms with Gasteiger partial charge in [-0.15, -0.1) is 0 Å². The van der Waals surface area contributed by atoms with Gasteiger partial charge in [-0.05, 0) is 121 Å². The van der Waals surface area contributed by atoms with Crippen molar-refractivity contribution < 1.29 is 0 Å². The summed E-state index contributed by atoms with van der Waals surface area (Å²) in [5, 5.41) is 18.9. The van der Waals surface area contributed by atoms with Gasteiger partial charge in [0.1, 0.15) is 8.07 Å². The molecule has 1 heterocycles. The van der Waals surface area contributed by atoms with E-state index in [0.717, 1.165) is 0 Å². The largest absolute Gasteiger partial charge is 0.114 e. The number of rotatable bonds is 2. The zero-order valence-electron chi connectivity index (χ0n) is 28.7. The van der Waals surface area contributed by atoms with E-state index in [4.69, 9.17) is 0 Å². The van der Waals surface area contributed by atoms with Crippen LogP contribution in [0.1, 0.15) is 0 Å². The van der Waals surface area contributed by atoms with Crippen LogP contribution >= 0.6 is 0 Å². The van der Waals surface area contributed by atoms with Crippen molar-refractivity contribution in [2.45, 2.75) is 13.1 Å². The van der Waals surface area contributed by atoms with E-state index in [1.54, 1.807) is 5.19 Å². The second kappa shape index (κ2) is 10.5. The predicted molar refractivity (Wildman–Crippen MR) is 225 cm³/mol. The van der Waals surface area contributed by atoms with Gasteiger partial charge in [0.25, 0.3) is 0 Å². The maximum Gasteiger partial charge on any atom is 0.114 e. The highest BCUT2D eigenvalue weighted by Crippen LogP contribution is 2.48. The first-order valence-corrected chi connectivity index (χ1v) is 21.0. The van der Waals surface area contributed by atoms with Crippen LogP contribution in [0.3, 0.4) is 0 Å². The summed E-state index contributed by atoms with van der Waals surface area (Å²) in [7, 11) is -1.97. The molecule has 51 heavy (non-hydrogen) atoms. The molecule has 0 bridgehead atoms. The van der Waals surface area contributed by atoms with Crippen LogP contribution in [0.5, 0.6) is 0 Å². The minimum absolute atomic E-state index is 1.27. The van der Waals surface area contributed by atoms with Gasteiger partial charge in [0, 0.05) is 0 Å². The Hall–Kier alpha value is -6.02. The van der Waals surface area contributed by atoms with Crippen molar-refractivity contribution in [1.29, 1.82) is 0 Å². The normalized spacial score (nSPS) is 13.5. The van der Waals surface area contributed by atoms with Gasteiger partial charge in [0.05, 0.1) is 0 Å². The van der Waals surface area contributed by atoms with Gasteiger partial charge < -0.3 is 0 Å². The molecule has 1 heteroatoms. The van der Waals surface area contributed by atoms with Gasteiger partial charge in [-0.1, -0.05) is 171 Å². The molecule has 0 unspecified atom stereocenters. The Kier molecular flexibility index (Phi) is 5.92. The molecule has 0 saturated carbocycles. The van der Waals surface area contributed by atoms with E-state index in [1.165, 1.54) is 103 Å². The zero-order chi connectivity index (χ0) is 33.8. The molecule has 10 aromatic carbocycles. The molecule has 0 spiro atoms. The summed E-state index contributed by atoms with van der Waals surface area (Å²) < 4.78 is 0. The first-order chi connectivity index (χ1) is 25.1. The van der Waals surface area contributed by atoms with Crippen LogP contribution in [-0.4, -0.2) is 8.07 Å². The molecule has 0 atom stereocenters. The van der Waals surface area contributed by atoms with Crippen LogP contribution in [0, 0.1) is 0 Å². The van der Waals surface area contributed by atoms with Crippen LogP contribution < -0.4 is 10.4 Å². The Bertz CT molecular complexity index is 3000. The van der Waals surface area contributed by atoms with Crippen LogP contribution in [-0.2, 0) is 0 Å². The third-order valence-electron chi connectivity index (χ3n) is 11.8. The molecular weight excluding hydrogens is 629 g/mol. The highest BCUT2D eigenvalue weighted by molar-refractivity contribution is 7.05. The average molecular weight is 663 g/mol. The lowest BCUT2D eigenvalue weighted by Crippen LogP contribution is -2.49. The first-order valence-electron chi connectivity index (χ1n) is 18.0. The molecule has 1 aliphatic rings. The molecule has 0 nitrogen and oxygen atoms in total.